The number of ether oxygens (including phenoxy) is 2. The van der Waals surface area contributed by atoms with Gasteiger partial charge in [0.15, 0.2) is 11.6 Å². The first-order valence-corrected chi connectivity index (χ1v) is 13.9. The summed E-state index contributed by atoms with van der Waals surface area (Å²) in [6.07, 6.45) is 0.886. The lowest BCUT2D eigenvalue weighted by Crippen LogP contribution is -2.35. The Kier molecular flexibility index (Phi) is 8.85. The van der Waals surface area contributed by atoms with Crippen molar-refractivity contribution in [3.8, 4) is 0 Å². The van der Waals surface area contributed by atoms with Crippen LogP contribution in [-0.4, -0.2) is 36.7 Å². The molecule has 2 aliphatic rings. The van der Waals surface area contributed by atoms with Crippen molar-refractivity contribution in [2.24, 2.45) is 11.3 Å². The first kappa shape index (κ1) is 29.2. The Morgan fingerprint density at radius 2 is 1.41 bits per heavy atom. The molecule has 4 rings (SSSR count). The second kappa shape index (κ2) is 11.2. The number of hydrogen-bond donors (Lipinski definition) is 0. The van der Waals surface area contributed by atoms with Crippen LogP contribution in [0.15, 0.2) is 21.1 Å². The van der Waals surface area contributed by atoms with Gasteiger partial charge in [-0.25, -0.2) is 0 Å². The highest BCUT2D eigenvalue weighted by atomic mass is 79.9. The number of benzene rings is 2. The number of rotatable bonds is 4. The highest BCUT2D eigenvalue weighted by Gasteiger charge is 2.49. The summed E-state index contributed by atoms with van der Waals surface area (Å²) in [5.74, 6) is -1.73. The lowest BCUT2D eigenvalue weighted by Gasteiger charge is -2.19. The maximum Gasteiger partial charge on any atom is 0.320 e. The van der Waals surface area contributed by atoms with Crippen molar-refractivity contribution in [1.82, 2.24) is 0 Å². The fraction of sp³-hybridized carbons (Fsp3) is 0.448. The van der Waals surface area contributed by atoms with E-state index < -0.39 is 23.3 Å². The average molecular weight is 636 g/mol. The minimum absolute atomic E-state index is 0.110. The van der Waals surface area contributed by atoms with Gasteiger partial charge in [-0.2, -0.15) is 0 Å². The molecule has 0 radical (unpaired) electrons. The van der Waals surface area contributed by atoms with Crippen LogP contribution in [0.5, 0.6) is 0 Å². The molecule has 2 aromatic carbocycles. The van der Waals surface area contributed by atoms with Crippen LogP contribution in [-0.2, 0) is 31.9 Å². The number of ketones is 2. The highest BCUT2D eigenvalue weighted by molar-refractivity contribution is 9.10. The molecule has 6 nitrogen and oxygen atoms in total. The Bertz CT molecular complexity index is 1310. The summed E-state index contributed by atoms with van der Waals surface area (Å²) in [4.78, 5) is 48.7. The second-order valence-corrected chi connectivity index (χ2v) is 11.4. The predicted octanol–water partition coefficient (Wildman–Crippen LogP) is 6.36. The van der Waals surface area contributed by atoms with Gasteiger partial charge in [-0.05, 0) is 94.7 Å². The Hall–Kier alpha value is -2.32. The van der Waals surface area contributed by atoms with E-state index in [-0.39, 0.29) is 11.6 Å². The van der Waals surface area contributed by atoms with Crippen LogP contribution in [0.1, 0.15) is 74.9 Å². The molecule has 0 saturated heterocycles. The topological polar surface area (TPSA) is 86.7 Å². The third-order valence-corrected chi connectivity index (χ3v) is 9.52. The molecule has 0 heterocycles. The molecule has 0 bridgehead atoms. The molecule has 2 aliphatic carbocycles. The zero-order chi connectivity index (χ0) is 27.8. The van der Waals surface area contributed by atoms with Crippen molar-refractivity contribution in [2.75, 3.05) is 13.2 Å². The van der Waals surface area contributed by atoms with Gasteiger partial charge in [-0.3, -0.25) is 19.2 Å². The summed E-state index contributed by atoms with van der Waals surface area (Å²) >= 11 is 6.98. The smallest absolute Gasteiger partial charge is 0.320 e. The van der Waals surface area contributed by atoms with E-state index in [2.05, 4.69) is 31.9 Å². The molecule has 2 unspecified atom stereocenters. The summed E-state index contributed by atoms with van der Waals surface area (Å²) in [6.45, 7) is 13.6. The third kappa shape index (κ3) is 5.19. The number of carbonyl (C=O) groups excluding carboxylic acids is 4. The summed E-state index contributed by atoms with van der Waals surface area (Å²) in [5.41, 5.74) is 6.18. The minimum Gasteiger partial charge on any atom is -0.465 e. The van der Waals surface area contributed by atoms with E-state index in [0.717, 1.165) is 42.3 Å². The Morgan fingerprint density at radius 3 is 1.95 bits per heavy atom. The monoisotopic (exact) mass is 634 g/mol. The molecule has 2 aromatic rings. The maximum absolute atomic E-state index is 12.6. The second-order valence-electron chi connectivity index (χ2n) is 9.76. The van der Waals surface area contributed by atoms with Crippen molar-refractivity contribution >= 4 is 55.4 Å². The number of carbonyl (C=O) groups is 4. The predicted molar refractivity (Wildman–Crippen MR) is 148 cm³/mol. The first-order chi connectivity index (χ1) is 17.3. The van der Waals surface area contributed by atoms with Gasteiger partial charge in [0.2, 0.25) is 0 Å². The lowest BCUT2D eigenvalue weighted by molar-refractivity contribution is -0.151. The Balaban J connectivity index is 0.000000206. The summed E-state index contributed by atoms with van der Waals surface area (Å²) in [7, 11) is 0. The van der Waals surface area contributed by atoms with Gasteiger partial charge in [0.05, 0.1) is 13.2 Å². The molecule has 8 heteroatoms. The molecule has 0 amide bonds. The van der Waals surface area contributed by atoms with Gasteiger partial charge < -0.3 is 9.47 Å². The number of Topliss-reactive ketones (excluding diaryl/α,β-unsaturated/α-hetero) is 2. The lowest BCUT2D eigenvalue weighted by atomic mass is 9.86. The third-order valence-electron chi connectivity index (χ3n) is 7.08. The van der Waals surface area contributed by atoms with Crippen molar-refractivity contribution < 1.29 is 28.7 Å². The molecule has 0 saturated carbocycles. The molecule has 0 fully saturated rings. The van der Waals surface area contributed by atoms with Crippen LogP contribution in [0.3, 0.4) is 0 Å². The number of halogens is 2. The normalized spacial score (nSPS) is 19.6. The molecule has 37 heavy (non-hydrogen) atoms. The van der Waals surface area contributed by atoms with Crippen LogP contribution in [0.4, 0.5) is 0 Å². The Morgan fingerprint density at radius 1 is 0.892 bits per heavy atom. The van der Waals surface area contributed by atoms with Crippen LogP contribution < -0.4 is 0 Å². The van der Waals surface area contributed by atoms with Gasteiger partial charge in [-0.1, -0.05) is 44.0 Å². The van der Waals surface area contributed by atoms with Crippen LogP contribution >= 0.6 is 31.9 Å². The van der Waals surface area contributed by atoms with E-state index in [1.54, 1.807) is 20.8 Å². The number of fused-ring (bicyclic) bond motifs is 2. The minimum atomic E-state index is -1.07. The summed E-state index contributed by atoms with van der Waals surface area (Å²) in [5, 5.41) is 0. The number of esters is 2. The zero-order valence-corrected chi connectivity index (χ0v) is 25.4. The molecular weight excluding hydrogens is 604 g/mol. The maximum atomic E-state index is 12.6. The highest BCUT2D eigenvalue weighted by Crippen LogP contribution is 2.42. The molecular formula is C29H32Br2O6. The molecule has 0 spiro atoms. The summed E-state index contributed by atoms with van der Waals surface area (Å²) in [6, 6.07) is 3.96. The number of aryl methyl sites for hydroxylation is 2. The molecule has 0 aliphatic heterocycles. The fourth-order valence-electron chi connectivity index (χ4n) is 5.16. The number of hydrogen-bond acceptors (Lipinski definition) is 6. The van der Waals surface area contributed by atoms with Gasteiger partial charge >= 0.3 is 11.9 Å². The van der Waals surface area contributed by atoms with E-state index in [1.807, 2.05) is 39.8 Å². The SMILES string of the molecule is CCOC(=O)C1(C)Cc2cc(C)c(Br)c(C)c2C1=O.CCOC(=O)C1Cc2cc(C)c(Br)c(C)c2C1=O. The van der Waals surface area contributed by atoms with Gasteiger partial charge in [-0.15, -0.1) is 0 Å². The van der Waals surface area contributed by atoms with E-state index >= 15 is 0 Å². The van der Waals surface area contributed by atoms with Crippen molar-refractivity contribution in [2.45, 2.75) is 61.3 Å². The van der Waals surface area contributed by atoms with Crippen LogP contribution in [0.2, 0.25) is 0 Å². The van der Waals surface area contributed by atoms with Crippen molar-refractivity contribution in [3.05, 3.63) is 65.6 Å². The molecule has 2 atom stereocenters. The molecule has 0 N–H and O–H groups in total. The van der Waals surface area contributed by atoms with E-state index in [0.29, 0.717) is 37.2 Å². The van der Waals surface area contributed by atoms with E-state index in [1.165, 1.54) is 0 Å². The molecule has 198 valence electrons. The van der Waals surface area contributed by atoms with E-state index in [4.69, 9.17) is 9.47 Å². The van der Waals surface area contributed by atoms with Gasteiger partial charge in [0, 0.05) is 20.1 Å². The average Bonchev–Trinajstić information content (AvgIpc) is 3.30. The Labute approximate surface area is 234 Å². The zero-order valence-electron chi connectivity index (χ0n) is 22.3. The van der Waals surface area contributed by atoms with E-state index in [9.17, 15) is 19.2 Å². The fourth-order valence-corrected chi connectivity index (χ4v) is 5.78. The first-order valence-electron chi connectivity index (χ1n) is 12.3. The standard InChI is InChI=1S/C15H17BrO3.C14H15BrO3/c1-5-19-14(18)15(4)7-10-6-8(2)12(16)9(3)11(10)13(15)17;1-4-18-14(17)10-6-9-5-7(2)12(15)8(3)11(9)13(10)16/h6H,5,7H2,1-4H3;5,10H,4,6H2,1-3H3. The van der Waals surface area contributed by atoms with Gasteiger partial charge in [0.1, 0.15) is 11.3 Å². The quantitative estimate of drug-likeness (QED) is 0.287. The molecule has 0 aromatic heterocycles. The largest absolute Gasteiger partial charge is 0.465 e. The summed E-state index contributed by atoms with van der Waals surface area (Å²) < 4.78 is 11.9. The van der Waals surface area contributed by atoms with Gasteiger partial charge in [0.25, 0.3) is 0 Å². The van der Waals surface area contributed by atoms with Crippen molar-refractivity contribution in [3.63, 3.8) is 0 Å². The van der Waals surface area contributed by atoms with Crippen molar-refractivity contribution in [1.29, 1.82) is 0 Å². The van der Waals surface area contributed by atoms with Crippen LogP contribution in [0.25, 0.3) is 0 Å². The van der Waals surface area contributed by atoms with Crippen LogP contribution in [0, 0.1) is 39.0 Å².